The van der Waals surface area contributed by atoms with E-state index in [1.54, 1.807) is 39.0 Å². The topological polar surface area (TPSA) is 60.5 Å². The second-order valence-corrected chi connectivity index (χ2v) is 8.29. The molecule has 136 valence electrons. The monoisotopic (exact) mass is 390 g/mol. The fraction of sp³-hybridized carbons (Fsp3) is 0.263. The Kier molecular flexibility index (Phi) is 5.07. The van der Waals surface area contributed by atoms with Crippen molar-refractivity contribution in [3.8, 4) is 10.9 Å². The van der Waals surface area contributed by atoms with Gasteiger partial charge in [0.1, 0.15) is 11.4 Å². The normalized spacial score (nSPS) is 11.4. The molecule has 1 amide bonds. The maximum atomic E-state index is 11.9. The van der Waals surface area contributed by atoms with Crippen LogP contribution in [0.1, 0.15) is 26.3 Å². The number of thiazole rings is 1. The summed E-state index contributed by atoms with van der Waals surface area (Å²) < 4.78 is 12.1. The standard InChI is InChI=1S/C19H19ClN2O3S/c1-11-5-6-15-16(7-11)26-18(22-15)24-14-9-12(20)8-13(10-14)21-17(23)25-19(2,3)4/h5-10H,1-4H3,(H,21,23). The summed E-state index contributed by atoms with van der Waals surface area (Å²) in [6, 6.07) is 11.0. The van der Waals surface area contributed by atoms with E-state index >= 15 is 0 Å². The SMILES string of the molecule is Cc1ccc2nc(Oc3cc(Cl)cc(NC(=O)OC(C)(C)C)c3)sc2c1. The average Bonchev–Trinajstić information content (AvgIpc) is 2.85. The maximum absolute atomic E-state index is 11.9. The third-order valence-electron chi connectivity index (χ3n) is 3.25. The number of aryl methyl sites for hydroxylation is 1. The van der Waals surface area contributed by atoms with Crippen molar-refractivity contribution in [3.63, 3.8) is 0 Å². The van der Waals surface area contributed by atoms with Crippen molar-refractivity contribution < 1.29 is 14.3 Å². The number of benzene rings is 2. The zero-order valence-corrected chi connectivity index (χ0v) is 16.5. The number of aromatic nitrogens is 1. The number of nitrogens with zero attached hydrogens (tertiary/aromatic N) is 1. The number of amides is 1. The first-order chi connectivity index (χ1) is 12.2. The highest BCUT2D eigenvalue weighted by Crippen LogP contribution is 2.34. The van der Waals surface area contributed by atoms with Gasteiger partial charge in [-0.1, -0.05) is 29.0 Å². The van der Waals surface area contributed by atoms with Crippen molar-refractivity contribution in [2.75, 3.05) is 5.32 Å². The summed E-state index contributed by atoms with van der Waals surface area (Å²) in [7, 11) is 0. The molecule has 0 saturated carbocycles. The van der Waals surface area contributed by atoms with E-state index in [1.807, 2.05) is 19.1 Å². The molecule has 26 heavy (non-hydrogen) atoms. The summed E-state index contributed by atoms with van der Waals surface area (Å²) in [6.45, 7) is 7.43. The minimum atomic E-state index is -0.582. The lowest BCUT2D eigenvalue weighted by molar-refractivity contribution is 0.0636. The number of anilines is 1. The van der Waals surface area contributed by atoms with Gasteiger partial charge in [0.05, 0.1) is 10.2 Å². The van der Waals surface area contributed by atoms with Crippen LogP contribution in [0.15, 0.2) is 36.4 Å². The molecule has 0 aliphatic rings. The first-order valence-electron chi connectivity index (χ1n) is 8.04. The highest BCUT2D eigenvalue weighted by atomic mass is 35.5. The first kappa shape index (κ1) is 18.5. The van der Waals surface area contributed by atoms with E-state index in [4.69, 9.17) is 21.1 Å². The second kappa shape index (κ2) is 7.13. The molecule has 0 aliphatic carbocycles. The third kappa shape index (κ3) is 4.86. The minimum absolute atomic E-state index is 0.436. The lowest BCUT2D eigenvalue weighted by Crippen LogP contribution is -2.27. The lowest BCUT2D eigenvalue weighted by atomic mass is 10.2. The first-order valence-corrected chi connectivity index (χ1v) is 9.23. The zero-order chi connectivity index (χ0) is 18.9. The largest absolute Gasteiger partial charge is 0.444 e. The molecule has 5 nitrogen and oxygen atoms in total. The molecule has 1 aromatic heterocycles. The molecule has 7 heteroatoms. The van der Waals surface area contributed by atoms with Crippen LogP contribution in [-0.2, 0) is 4.74 Å². The van der Waals surface area contributed by atoms with Crippen LogP contribution in [0.4, 0.5) is 10.5 Å². The summed E-state index contributed by atoms with van der Waals surface area (Å²) in [5.74, 6) is 0.485. The maximum Gasteiger partial charge on any atom is 0.412 e. The van der Waals surface area contributed by atoms with Gasteiger partial charge in [-0.2, -0.15) is 0 Å². The molecule has 3 rings (SSSR count). The zero-order valence-electron chi connectivity index (χ0n) is 14.9. The predicted octanol–water partition coefficient (Wildman–Crippen LogP) is 6.40. The van der Waals surface area contributed by atoms with E-state index in [0.717, 1.165) is 10.2 Å². The van der Waals surface area contributed by atoms with Crippen molar-refractivity contribution in [3.05, 3.63) is 47.0 Å². The Balaban J connectivity index is 1.79. The van der Waals surface area contributed by atoms with E-state index < -0.39 is 11.7 Å². The number of halogens is 1. The molecule has 1 heterocycles. The molecule has 0 unspecified atom stereocenters. The van der Waals surface area contributed by atoms with E-state index in [2.05, 4.69) is 16.4 Å². The van der Waals surface area contributed by atoms with Crippen molar-refractivity contribution in [2.24, 2.45) is 0 Å². The quantitative estimate of drug-likeness (QED) is 0.562. The Morgan fingerprint density at radius 3 is 2.69 bits per heavy atom. The second-order valence-electron chi connectivity index (χ2n) is 6.86. The molecule has 3 aromatic rings. The summed E-state index contributed by atoms with van der Waals surface area (Å²) in [5, 5.41) is 3.60. The Labute approximate surface area is 160 Å². The third-order valence-corrected chi connectivity index (χ3v) is 4.36. The number of carbonyl (C=O) groups is 1. The van der Waals surface area contributed by atoms with Gasteiger partial charge in [0.15, 0.2) is 0 Å². The molecular formula is C19H19ClN2O3S. The van der Waals surface area contributed by atoms with Crippen LogP contribution in [0.25, 0.3) is 10.2 Å². The number of ether oxygens (including phenoxy) is 2. The molecular weight excluding hydrogens is 372 g/mol. The van der Waals surface area contributed by atoms with E-state index in [9.17, 15) is 4.79 Å². The van der Waals surface area contributed by atoms with Crippen LogP contribution in [0, 0.1) is 6.92 Å². The molecule has 1 N–H and O–H groups in total. The van der Waals surface area contributed by atoms with Crippen LogP contribution in [0.5, 0.6) is 10.9 Å². The number of hydrogen-bond donors (Lipinski definition) is 1. The van der Waals surface area contributed by atoms with Crippen molar-refractivity contribution >= 4 is 44.9 Å². The molecule has 0 bridgehead atoms. The van der Waals surface area contributed by atoms with Gasteiger partial charge in [0.25, 0.3) is 5.19 Å². The van der Waals surface area contributed by atoms with Gasteiger partial charge in [0.2, 0.25) is 0 Å². The van der Waals surface area contributed by atoms with Crippen molar-refractivity contribution in [1.82, 2.24) is 4.98 Å². The molecule has 0 saturated heterocycles. The van der Waals surface area contributed by atoms with E-state index in [1.165, 1.54) is 16.9 Å². The highest BCUT2D eigenvalue weighted by molar-refractivity contribution is 7.20. The highest BCUT2D eigenvalue weighted by Gasteiger charge is 2.17. The summed E-state index contributed by atoms with van der Waals surface area (Å²) >= 11 is 7.59. The van der Waals surface area contributed by atoms with Gasteiger partial charge in [-0.05, 0) is 57.5 Å². The smallest absolute Gasteiger partial charge is 0.412 e. The molecule has 0 radical (unpaired) electrons. The van der Waals surface area contributed by atoms with Gasteiger partial charge >= 0.3 is 6.09 Å². The van der Waals surface area contributed by atoms with Gasteiger partial charge in [-0.3, -0.25) is 5.32 Å². The van der Waals surface area contributed by atoms with Crippen LogP contribution < -0.4 is 10.1 Å². The number of nitrogens with one attached hydrogen (secondary N) is 1. The van der Waals surface area contributed by atoms with Crippen LogP contribution in [0.2, 0.25) is 5.02 Å². The van der Waals surface area contributed by atoms with E-state index in [-0.39, 0.29) is 0 Å². The van der Waals surface area contributed by atoms with E-state index in [0.29, 0.717) is 21.7 Å². The van der Waals surface area contributed by atoms with Crippen LogP contribution in [0.3, 0.4) is 0 Å². The fourth-order valence-electron chi connectivity index (χ4n) is 2.27. The van der Waals surface area contributed by atoms with Gasteiger partial charge in [-0.15, -0.1) is 0 Å². The number of fused-ring (bicyclic) bond motifs is 1. The molecule has 2 aromatic carbocycles. The van der Waals surface area contributed by atoms with Gasteiger partial charge < -0.3 is 9.47 Å². The average molecular weight is 391 g/mol. The number of hydrogen-bond acceptors (Lipinski definition) is 5. The van der Waals surface area contributed by atoms with Gasteiger partial charge in [0, 0.05) is 16.8 Å². The van der Waals surface area contributed by atoms with Gasteiger partial charge in [-0.25, -0.2) is 9.78 Å². The molecule has 0 aliphatic heterocycles. The summed E-state index contributed by atoms with van der Waals surface area (Å²) in [5.41, 5.74) is 1.95. The number of rotatable bonds is 3. The lowest BCUT2D eigenvalue weighted by Gasteiger charge is -2.19. The summed E-state index contributed by atoms with van der Waals surface area (Å²) in [6.07, 6.45) is -0.554. The Morgan fingerprint density at radius 2 is 1.96 bits per heavy atom. The van der Waals surface area contributed by atoms with Crippen LogP contribution >= 0.6 is 22.9 Å². The minimum Gasteiger partial charge on any atom is -0.444 e. The van der Waals surface area contributed by atoms with Crippen LogP contribution in [-0.4, -0.2) is 16.7 Å². The van der Waals surface area contributed by atoms with Crippen molar-refractivity contribution in [1.29, 1.82) is 0 Å². The Morgan fingerprint density at radius 1 is 1.19 bits per heavy atom. The Hall–Kier alpha value is -2.31. The van der Waals surface area contributed by atoms with Crippen molar-refractivity contribution in [2.45, 2.75) is 33.3 Å². The summed E-state index contributed by atoms with van der Waals surface area (Å²) in [4.78, 5) is 16.4. The molecule has 0 spiro atoms. The predicted molar refractivity (Wildman–Crippen MR) is 106 cm³/mol. The fourth-order valence-corrected chi connectivity index (χ4v) is 3.43. The molecule has 0 fully saturated rings. The Bertz CT molecular complexity index is 963. The molecule has 0 atom stereocenters. The number of carbonyl (C=O) groups excluding carboxylic acids is 1.